The smallest absolute Gasteiger partial charge is 0.375 e. The molecular formula is C6H7ClO5. The van der Waals surface area contributed by atoms with E-state index in [2.05, 4.69) is 20.9 Å². The highest BCUT2D eigenvalue weighted by molar-refractivity contribution is 6.38. The van der Waals surface area contributed by atoms with E-state index in [0.29, 0.717) is 0 Å². The third-order valence-corrected chi connectivity index (χ3v) is 1.36. The number of carbonyl (C=O) groups excluding carboxylic acids is 3. The van der Waals surface area contributed by atoms with Crippen molar-refractivity contribution in [3.05, 3.63) is 0 Å². The number of carbonyl (C=O) groups is 3. The molecule has 0 aromatic rings. The first-order valence-corrected chi connectivity index (χ1v) is 3.30. The number of hydrogen-bond donors (Lipinski definition) is 0. The number of ketones is 1. The molecule has 0 rings (SSSR count). The summed E-state index contributed by atoms with van der Waals surface area (Å²) >= 11 is 4.68. The molecule has 1 atom stereocenters. The molecule has 0 heterocycles. The highest BCUT2D eigenvalue weighted by Crippen LogP contribution is 2.02. The van der Waals surface area contributed by atoms with Crippen LogP contribution >= 0.6 is 11.9 Å². The van der Waals surface area contributed by atoms with E-state index >= 15 is 0 Å². The van der Waals surface area contributed by atoms with Gasteiger partial charge in [0.2, 0.25) is 0 Å². The zero-order chi connectivity index (χ0) is 9.72. The molecule has 68 valence electrons. The van der Waals surface area contributed by atoms with Crippen LogP contribution in [0, 0.1) is 5.92 Å². The van der Waals surface area contributed by atoms with Gasteiger partial charge in [0.05, 0.1) is 7.11 Å². The molecule has 0 bridgehead atoms. The van der Waals surface area contributed by atoms with Gasteiger partial charge in [0, 0.05) is 0 Å². The first-order valence-electron chi connectivity index (χ1n) is 2.99. The van der Waals surface area contributed by atoms with Crippen molar-refractivity contribution in [2.24, 2.45) is 5.92 Å². The summed E-state index contributed by atoms with van der Waals surface area (Å²) in [6.45, 7) is 1.20. The van der Waals surface area contributed by atoms with Gasteiger partial charge in [-0.3, -0.25) is 4.79 Å². The van der Waals surface area contributed by atoms with Crippen LogP contribution in [-0.2, 0) is 23.4 Å². The van der Waals surface area contributed by atoms with E-state index in [-0.39, 0.29) is 0 Å². The summed E-state index contributed by atoms with van der Waals surface area (Å²) in [6, 6.07) is 0. The van der Waals surface area contributed by atoms with E-state index in [4.69, 9.17) is 0 Å². The Balaban J connectivity index is 4.29. The Morgan fingerprint density at radius 3 is 2.17 bits per heavy atom. The molecule has 12 heavy (non-hydrogen) atoms. The van der Waals surface area contributed by atoms with Crippen molar-refractivity contribution in [2.75, 3.05) is 7.11 Å². The molecule has 0 aliphatic carbocycles. The summed E-state index contributed by atoms with van der Waals surface area (Å²) < 4.78 is 7.82. The summed E-state index contributed by atoms with van der Waals surface area (Å²) in [5.74, 6) is -4.28. The molecule has 0 aromatic heterocycles. The van der Waals surface area contributed by atoms with Crippen LogP contribution < -0.4 is 0 Å². The van der Waals surface area contributed by atoms with E-state index in [9.17, 15) is 14.4 Å². The van der Waals surface area contributed by atoms with Crippen molar-refractivity contribution in [3.63, 3.8) is 0 Å². The molecule has 0 N–H and O–H groups in total. The Hall–Kier alpha value is -1.10. The first-order chi connectivity index (χ1) is 5.54. The van der Waals surface area contributed by atoms with Crippen LogP contribution in [0.1, 0.15) is 6.92 Å². The fourth-order valence-electron chi connectivity index (χ4n) is 0.451. The summed E-state index contributed by atoms with van der Waals surface area (Å²) in [4.78, 5) is 32.0. The molecule has 6 heteroatoms. The SMILES string of the molecule is COC(=O)C(=O)C(C)C(=O)OCl. The predicted molar refractivity (Wildman–Crippen MR) is 38.1 cm³/mol. The molecule has 1 unspecified atom stereocenters. The van der Waals surface area contributed by atoms with E-state index in [1.54, 1.807) is 0 Å². The second-order valence-electron chi connectivity index (χ2n) is 1.97. The Kier molecular flexibility index (Phi) is 4.28. The number of methoxy groups -OCH3 is 1. The third kappa shape index (κ3) is 2.50. The van der Waals surface area contributed by atoms with Crippen molar-refractivity contribution < 1.29 is 23.4 Å². The van der Waals surface area contributed by atoms with Crippen LogP contribution in [-0.4, -0.2) is 24.8 Å². The number of esters is 1. The maximum absolute atomic E-state index is 10.8. The molecule has 0 fully saturated rings. The van der Waals surface area contributed by atoms with Gasteiger partial charge < -0.3 is 9.03 Å². The van der Waals surface area contributed by atoms with Crippen molar-refractivity contribution in [1.82, 2.24) is 0 Å². The Labute approximate surface area is 73.8 Å². The number of halogens is 1. The molecule has 0 spiro atoms. The molecular weight excluding hydrogens is 188 g/mol. The molecule has 0 aromatic carbocycles. The number of hydrogen-bond acceptors (Lipinski definition) is 5. The van der Waals surface area contributed by atoms with Gasteiger partial charge in [-0.1, -0.05) is 0 Å². The van der Waals surface area contributed by atoms with Gasteiger partial charge in [0.1, 0.15) is 17.8 Å². The van der Waals surface area contributed by atoms with E-state index in [0.717, 1.165) is 7.11 Å². The number of Topliss-reactive ketones (excluding diaryl/α,β-unsaturated/α-hetero) is 1. The minimum atomic E-state index is -1.23. The molecule has 0 saturated heterocycles. The van der Waals surface area contributed by atoms with Crippen LogP contribution in [0.4, 0.5) is 0 Å². The van der Waals surface area contributed by atoms with Crippen molar-refractivity contribution in [2.45, 2.75) is 6.92 Å². The standard InChI is InChI=1S/C6H7ClO5/c1-3(5(9)12-7)4(8)6(10)11-2/h3H,1-2H3. The third-order valence-electron chi connectivity index (χ3n) is 1.21. The Bertz CT molecular complexity index is 212. The lowest BCUT2D eigenvalue weighted by Gasteiger charge is -2.03. The van der Waals surface area contributed by atoms with Gasteiger partial charge >= 0.3 is 11.9 Å². The fraction of sp³-hybridized carbons (Fsp3) is 0.500. The van der Waals surface area contributed by atoms with Gasteiger partial charge in [-0.15, -0.1) is 0 Å². The predicted octanol–water partition coefficient (Wildman–Crippen LogP) is 0.0616. The minimum Gasteiger partial charge on any atom is -0.463 e. The van der Waals surface area contributed by atoms with Crippen LogP contribution in [0.15, 0.2) is 0 Å². The molecule has 0 radical (unpaired) electrons. The number of ether oxygens (including phenoxy) is 1. The van der Waals surface area contributed by atoms with Crippen LogP contribution in [0.3, 0.4) is 0 Å². The fourth-order valence-corrected chi connectivity index (χ4v) is 0.585. The second kappa shape index (κ2) is 4.71. The van der Waals surface area contributed by atoms with E-state index in [1.165, 1.54) is 6.92 Å². The van der Waals surface area contributed by atoms with Crippen molar-refractivity contribution in [1.29, 1.82) is 0 Å². The second-order valence-corrected chi connectivity index (χ2v) is 2.13. The monoisotopic (exact) mass is 194 g/mol. The lowest BCUT2D eigenvalue weighted by molar-refractivity contribution is -0.157. The maximum Gasteiger partial charge on any atom is 0.375 e. The van der Waals surface area contributed by atoms with Gasteiger partial charge in [-0.05, 0) is 6.92 Å². The summed E-state index contributed by atoms with van der Waals surface area (Å²) in [6.07, 6.45) is 0. The van der Waals surface area contributed by atoms with Gasteiger partial charge in [-0.25, -0.2) is 9.59 Å². The van der Waals surface area contributed by atoms with Crippen LogP contribution in [0.2, 0.25) is 0 Å². The summed E-state index contributed by atoms with van der Waals surface area (Å²) in [7, 11) is 1.04. The highest BCUT2D eigenvalue weighted by Gasteiger charge is 2.29. The molecule has 5 nitrogen and oxygen atoms in total. The van der Waals surface area contributed by atoms with Crippen molar-refractivity contribution in [3.8, 4) is 0 Å². The van der Waals surface area contributed by atoms with Crippen LogP contribution in [0.5, 0.6) is 0 Å². The topological polar surface area (TPSA) is 69.7 Å². The average molecular weight is 195 g/mol. The largest absolute Gasteiger partial charge is 0.463 e. The number of rotatable bonds is 3. The van der Waals surface area contributed by atoms with E-state index < -0.39 is 23.6 Å². The van der Waals surface area contributed by atoms with Gasteiger partial charge in [0.25, 0.3) is 5.78 Å². The molecule has 0 aliphatic heterocycles. The quantitative estimate of drug-likeness (QED) is 0.361. The normalized spacial score (nSPS) is 11.6. The molecule has 0 saturated carbocycles. The Morgan fingerprint density at radius 2 is 1.83 bits per heavy atom. The van der Waals surface area contributed by atoms with E-state index in [1.807, 2.05) is 0 Å². The lowest BCUT2D eigenvalue weighted by atomic mass is 10.1. The molecule has 0 aliphatic rings. The zero-order valence-electron chi connectivity index (χ0n) is 6.50. The summed E-state index contributed by atoms with van der Waals surface area (Å²) in [5.41, 5.74) is 0. The minimum absolute atomic E-state index is 0.980. The maximum atomic E-state index is 10.8. The van der Waals surface area contributed by atoms with Gasteiger partial charge in [0.15, 0.2) is 0 Å². The highest BCUT2D eigenvalue weighted by atomic mass is 35.5. The average Bonchev–Trinajstić information content (AvgIpc) is 2.12. The first kappa shape index (κ1) is 10.9. The van der Waals surface area contributed by atoms with Gasteiger partial charge in [-0.2, -0.15) is 0 Å². The Morgan fingerprint density at radius 1 is 1.33 bits per heavy atom. The molecule has 0 amide bonds. The zero-order valence-corrected chi connectivity index (χ0v) is 7.25. The van der Waals surface area contributed by atoms with Crippen LogP contribution in [0.25, 0.3) is 0 Å². The lowest BCUT2D eigenvalue weighted by Crippen LogP contribution is -2.28. The summed E-state index contributed by atoms with van der Waals surface area (Å²) in [5, 5.41) is 0. The van der Waals surface area contributed by atoms with Crippen molar-refractivity contribution >= 4 is 29.6 Å².